The number of furan rings is 1. The van der Waals surface area contributed by atoms with Crippen LogP contribution in [0, 0.1) is 0 Å². The van der Waals surface area contributed by atoms with E-state index in [1.807, 2.05) is 5.43 Å². The smallest absolute Gasteiger partial charge is 0.431 e. The van der Waals surface area contributed by atoms with Crippen LogP contribution in [0.5, 0.6) is 0 Å². The third-order valence-electron chi connectivity index (χ3n) is 2.58. The summed E-state index contributed by atoms with van der Waals surface area (Å²) in [6, 6.07) is 10.8. The zero-order valence-corrected chi connectivity index (χ0v) is 10.7. The van der Waals surface area contributed by atoms with Gasteiger partial charge in [-0.15, -0.1) is 0 Å². The molecule has 1 amide bonds. The van der Waals surface area contributed by atoms with E-state index in [4.69, 9.17) is 4.42 Å². The first kappa shape index (κ1) is 14.8. The van der Waals surface area contributed by atoms with E-state index in [1.165, 1.54) is 18.4 Å². The lowest BCUT2D eigenvalue weighted by atomic mass is 10.1. The fourth-order valence-electron chi connectivity index (χ4n) is 1.57. The van der Waals surface area contributed by atoms with Crippen LogP contribution >= 0.6 is 0 Å². The second kappa shape index (κ2) is 6.25. The summed E-state index contributed by atoms with van der Waals surface area (Å²) >= 11 is 0. The Morgan fingerprint density at radius 1 is 1.14 bits per heavy atom. The fraction of sp³-hybridized carbons (Fsp3) is 0.143. The zero-order valence-electron chi connectivity index (χ0n) is 10.7. The van der Waals surface area contributed by atoms with Gasteiger partial charge in [0.15, 0.2) is 5.76 Å². The van der Waals surface area contributed by atoms with Gasteiger partial charge >= 0.3 is 12.1 Å². The van der Waals surface area contributed by atoms with E-state index in [-0.39, 0.29) is 5.76 Å². The predicted octanol–water partition coefficient (Wildman–Crippen LogP) is 3.17. The number of benzene rings is 1. The fourth-order valence-corrected chi connectivity index (χ4v) is 1.57. The molecule has 0 bridgehead atoms. The maximum absolute atomic E-state index is 12.9. The quantitative estimate of drug-likeness (QED) is 0.696. The molecule has 21 heavy (non-hydrogen) atoms. The molecule has 0 atom stereocenters. The summed E-state index contributed by atoms with van der Waals surface area (Å²) in [5, 5.41) is 3.18. The molecule has 0 spiro atoms. The van der Waals surface area contributed by atoms with Crippen LogP contribution in [0.15, 0.2) is 58.2 Å². The van der Waals surface area contributed by atoms with Gasteiger partial charge < -0.3 is 4.42 Å². The van der Waals surface area contributed by atoms with Gasteiger partial charge in [-0.25, -0.2) is 5.43 Å². The van der Waals surface area contributed by atoms with Crippen LogP contribution in [-0.4, -0.2) is 17.8 Å². The average molecular weight is 296 g/mol. The summed E-state index contributed by atoms with van der Waals surface area (Å²) in [4.78, 5) is 11.5. The third-order valence-corrected chi connectivity index (χ3v) is 2.58. The van der Waals surface area contributed by atoms with Crippen LogP contribution in [0.3, 0.4) is 0 Å². The van der Waals surface area contributed by atoms with Crippen molar-refractivity contribution in [3.63, 3.8) is 0 Å². The highest BCUT2D eigenvalue weighted by Gasteiger charge is 2.36. The van der Waals surface area contributed by atoms with Crippen molar-refractivity contribution in [2.24, 2.45) is 5.10 Å². The van der Waals surface area contributed by atoms with Crippen molar-refractivity contribution < 1.29 is 22.4 Å². The van der Waals surface area contributed by atoms with Crippen LogP contribution in [0.1, 0.15) is 16.1 Å². The molecule has 0 saturated carbocycles. The Morgan fingerprint density at radius 2 is 1.86 bits per heavy atom. The van der Waals surface area contributed by atoms with Gasteiger partial charge in [-0.1, -0.05) is 30.3 Å². The van der Waals surface area contributed by atoms with Gasteiger partial charge in [0.2, 0.25) is 0 Å². The highest BCUT2D eigenvalue weighted by molar-refractivity contribution is 5.95. The summed E-state index contributed by atoms with van der Waals surface area (Å²) in [5.74, 6) is -0.949. The maximum atomic E-state index is 12.9. The average Bonchev–Trinajstić information content (AvgIpc) is 2.97. The van der Waals surface area contributed by atoms with E-state index in [9.17, 15) is 18.0 Å². The molecule has 2 rings (SSSR count). The van der Waals surface area contributed by atoms with Crippen LogP contribution in [0.4, 0.5) is 13.2 Å². The van der Waals surface area contributed by atoms with Crippen molar-refractivity contribution in [3.05, 3.63) is 60.1 Å². The number of nitrogens with zero attached hydrogens (tertiary/aromatic N) is 1. The standard InChI is InChI=1S/C14H11F3N2O2/c15-14(16,17)12(9-10-5-2-1-3-6-10)18-19-13(20)11-7-4-8-21-11/h1-8H,9H2,(H,19,20)/b18-12-. The Labute approximate surface area is 118 Å². The Balaban J connectivity index is 2.13. The molecular formula is C14H11F3N2O2. The number of hydrogen-bond acceptors (Lipinski definition) is 3. The number of carbonyl (C=O) groups is 1. The lowest BCUT2D eigenvalue weighted by molar-refractivity contribution is -0.0604. The normalized spacial score (nSPS) is 12.2. The molecule has 0 fully saturated rings. The first-order chi connectivity index (χ1) is 9.97. The SMILES string of the molecule is O=C(N/N=C(/Cc1ccccc1)C(F)(F)F)c1ccco1. The Bertz CT molecular complexity index is 619. The zero-order chi connectivity index (χ0) is 15.3. The molecule has 0 aliphatic rings. The monoisotopic (exact) mass is 296 g/mol. The first-order valence-electron chi connectivity index (χ1n) is 5.98. The minimum absolute atomic E-state index is 0.111. The molecule has 110 valence electrons. The predicted molar refractivity (Wildman–Crippen MR) is 69.8 cm³/mol. The topological polar surface area (TPSA) is 54.6 Å². The van der Waals surface area contributed by atoms with Crippen LogP contribution < -0.4 is 5.43 Å². The molecule has 4 nitrogen and oxygen atoms in total. The molecule has 0 aliphatic carbocycles. The van der Waals surface area contributed by atoms with Crippen LogP contribution in [0.2, 0.25) is 0 Å². The van der Waals surface area contributed by atoms with E-state index in [0.29, 0.717) is 5.56 Å². The van der Waals surface area contributed by atoms with Crippen molar-refractivity contribution in [1.82, 2.24) is 5.43 Å². The number of halogens is 3. The molecule has 0 radical (unpaired) electrons. The summed E-state index contributed by atoms with van der Waals surface area (Å²) in [6.07, 6.45) is -3.82. The van der Waals surface area contributed by atoms with Gasteiger partial charge in [-0.2, -0.15) is 18.3 Å². The third kappa shape index (κ3) is 4.20. The van der Waals surface area contributed by atoms with Gasteiger partial charge in [0, 0.05) is 6.42 Å². The molecule has 7 heteroatoms. The summed E-state index contributed by atoms with van der Waals surface area (Å²) in [5.41, 5.74) is 1.20. The number of hydrogen-bond donors (Lipinski definition) is 1. The second-order valence-corrected chi connectivity index (χ2v) is 4.14. The van der Waals surface area contributed by atoms with Crippen molar-refractivity contribution in [3.8, 4) is 0 Å². The number of nitrogens with one attached hydrogen (secondary N) is 1. The molecule has 0 unspecified atom stereocenters. The number of alkyl halides is 3. The number of hydrazone groups is 1. The maximum Gasteiger partial charge on any atom is 0.431 e. The Morgan fingerprint density at radius 3 is 2.43 bits per heavy atom. The van der Waals surface area contributed by atoms with E-state index in [1.54, 1.807) is 30.3 Å². The molecule has 0 saturated heterocycles. The van der Waals surface area contributed by atoms with Gasteiger partial charge in [-0.05, 0) is 17.7 Å². The molecule has 1 aromatic heterocycles. The molecular weight excluding hydrogens is 285 g/mol. The molecule has 0 aliphatic heterocycles. The first-order valence-corrected chi connectivity index (χ1v) is 5.98. The Kier molecular flexibility index (Phi) is 4.42. The van der Waals surface area contributed by atoms with Crippen LogP contribution in [-0.2, 0) is 6.42 Å². The van der Waals surface area contributed by atoms with Gasteiger partial charge in [0.1, 0.15) is 5.71 Å². The molecule has 2 aromatic rings. The second-order valence-electron chi connectivity index (χ2n) is 4.14. The number of amides is 1. The number of rotatable bonds is 4. The minimum atomic E-state index is -4.63. The largest absolute Gasteiger partial charge is 0.459 e. The number of carbonyl (C=O) groups excluding carboxylic acids is 1. The molecule has 1 N–H and O–H groups in total. The minimum Gasteiger partial charge on any atom is -0.459 e. The van der Waals surface area contributed by atoms with E-state index in [2.05, 4.69) is 5.10 Å². The van der Waals surface area contributed by atoms with E-state index >= 15 is 0 Å². The van der Waals surface area contributed by atoms with Gasteiger partial charge in [-0.3, -0.25) is 4.79 Å². The highest BCUT2D eigenvalue weighted by atomic mass is 19.4. The van der Waals surface area contributed by atoms with E-state index < -0.39 is 24.2 Å². The summed E-state index contributed by atoms with van der Waals surface area (Å²) < 4.78 is 43.4. The van der Waals surface area contributed by atoms with Crippen LogP contribution in [0.25, 0.3) is 0 Å². The lowest BCUT2D eigenvalue weighted by Gasteiger charge is -2.10. The van der Waals surface area contributed by atoms with Gasteiger partial charge in [0.05, 0.1) is 6.26 Å². The lowest BCUT2D eigenvalue weighted by Crippen LogP contribution is -2.29. The van der Waals surface area contributed by atoms with Crippen molar-refractivity contribution in [2.75, 3.05) is 0 Å². The van der Waals surface area contributed by atoms with Crippen molar-refractivity contribution in [1.29, 1.82) is 0 Å². The Hall–Kier alpha value is -2.57. The highest BCUT2D eigenvalue weighted by Crippen LogP contribution is 2.20. The molecule has 1 heterocycles. The summed E-state index contributed by atoms with van der Waals surface area (Å²) in [6.45, 7) is 0. The van der Waals surface area contributed by atoms with E-state index in [0.717, 1.165) is 0 Å². The summed E-state index contributed by atoms with van der Waals surface area (Å²) in [7, 11) is 0. The van der Waals surface area contributed by atoms with Crippen molar-refractivity contribution >= 4 is 11.6 Å². The van der Waals surface area contributed by atoms with Gasteiger partial charge in [0.25, 0.3) is 0 Å². The molecule has 1 aromatic carbocycles. The van der Waals surface area contributed by atoms with Crippen molar-refractivity contribution in [2.45, 2.75) is 12.6 Å².